The SMILES string of the molecule is C=C(/C=C\C(=C/C)CC)S(C)(=O)=O. The first-order valence-electron chi connectivity index (χ1n) is 4.14. The summed E-state index contributed by atoms with van der Waals surface area (Å²) in [5.74, 6) is 0. The lowest BCUT2D eigenvalue weighted by atomic mass is 10.2. The molecule has 0 rings (SSSR count). The van der Waals surface area contributed by atoms with Crippen molar-refractivity contribution in [3.63, 3.8) is 0 Å². The van der Waals surface area contributed by atoms with Crippen molar-refractivity contribution < 1.29 is 8.42 Å². The summed E-state index contributed by atoms with van der Waals surface area (Å²) in [7, 11) is -3.12. The molecule has 0 aromatic carbocycles. The van der Waals surface area contributed by atoms with Gasteiger partial charge in [-0.15, -0.1) is 0 Å². The molecule has 0 bridgehead atoms. The van der Waals surface area contributed by atoms with E-state index in [0.29, 0.717) is 0 Å². The van der Waals surface area contributed by atoms with Gasteiger partial charge in [-0.1, -0.05) is 31.2 Å². The molecule has 0 saturated carbocycles. The highest BCUT2D eigenvalue weighted by Gasteiger charge is 2.03. The molecule has 0 aromatic heterocycles. The molecule has 3 heteroatoms. The maximum Gasteiger partial charge on any atom is 0.174 e. The van der Waals surface area contributed by atoms with Gasteiger partial charge in [-0.3, -0.25) is 0 Å². The van der Waals surface area contributed by atoms with Gasteiger partial charge in [-0.05, 0) is 19.4 Å². The van der Waals surface area contributed by atoms with Gasteiger partial charge in [0, 0.05) is 6.26 Å². The second kappa shape index (κ2) is 5.02. The monoisotopic (exact) mass is 200 g/mol. The van der Waals surface area contributed by atoms with E-state index in [1.54, 1.807) is 6.08 Å². The van der Waals surface area contributed by atoms with Crippen molar-refractivity contribution in [2.45, 2.75) is 20.3 Å². The molecule has 0 fully saturated rings. The average Bonchev–Trinajstić information content (AvgIpc) is 2.04. The molecule has 0 saturated heterocycles. The zero-order chi connectivity index (χ0) is 10.5. The number of hydrogen-bond acceptors (Lipinski definition) is 2. The lowest BCUT2D eigenvalue weighted by Gasteiger charge is -1.96. The smallest absolute Gasteiger partial charge is 0.174 e. The average molecular weight is 200 g/mol. The van der Waals surface area contributed by atoms with Crippen LogP contribution in [0.1, 0.15) is 20.3 Å². The van der Waals surface area contributed by atoms with E-state index in [1.165, 1.54) is 6.08 Å². The van der Waals surface area contributed by atoms with Crippen molar-refractivity contribution >= 4 is 9.84 Å². The van der Waals surface area contributed by atoms with Crippen LogP contribution in [-0.4, -0.2) is 14.7 Å². The molecule has 0 heterocycles. The first-order chi connectivity index (χ1) is 5.91. The van der Waals surface area contributed by atoms with Crippen molar-refractivity contribution in [2.75, 3.05) is 6.26 Å². The Morgan fingerprint density at radius 2 is 1.92 bits per heavy atom. The van der Waals surface area contributed by atoms with Crippen molar-refractivity contribution in [2.24, 2.45) is 0 Å². The van der Waals surface area contributed by atoms with Crippen molar-refractivity contribution in [1.29, 1.82) is 0 Å². The second-order valence-corrected chi connectivity index (χ2v) is 4.86. The first-order valence-corrected chi connectivity index (χ1v) is 6.03. The Bertz CT molecular complexity index is 332. The fraction of sp³-hybridized carbons (Fsp3) is 0.400. The van der Waals surface area contributed by atoms with Crippen molar-refractivity contribution in [1.82, 2.24) is 0 Å². The lowest BCUT2D eigenvalue weighted by Crippen LogP contribution is -1.96. The van der Waals surface area contributed by atoms with Crippen LogP contribution in [0.25, 0.3) is 0 Å². The molecule has 0 N–H and O–H groups in total. The van der Waals surface area contributed by atoms with Crippen LogP contribution in [0.2, 0.25) is 0 Å². The van der Waals surface area contributed by atoms with Gasteiger partial charge in [0.2, 0.25) is 0 Å². The van der Waals surface area contributed by atoms with Crippen molar-refractivity contribution in [3.05, 3.63) is 35.3 Å². The van der Waals surface area contributed by atoms with E-state index in [9.17, 15) is 8.42 Å². The number of hydrogen-bond donors (Lipinski definition) is 0. The first kappa shape index (κ1) is 12.2. The summed E-state index contributed by atoms with van der Waals surface area (Å²) in [5, 5.41) is 0. The van der Waals surface area contributed by atoms with Crippen LogP contribution in [0.3, 0.4) is 0 Å². The molecule has 0 amide bonds. The van der Waals surface area contributed by atoms with Crippen LogP contribution in [0.5, 0.6) is 0 Å². The highest BCUT2D eigenvalue weighted by Crippen LogP contribution is 2.07. The summed E-state index contributed by atoms with van der Waals surface area (Å²) in [6.07, 6.45) is 7.31. The zero-order valence-corrected chi connectivity index (χ0v) is 9.19. The van der Waals surface area contributed by atoms with Gasteiger partial charge < -0.3 is 0 Å². The summed E-state index contributed by atoms with van der Waals surface area (Å²) >= 11 is 0. The maximum absolute atomic E-state index is 11.0. The zero-order valence-electron chi connectivity index (χ0n) is 8.37. The van der Waals surface area contributed by atoms with Crippen LogP contribution in [0, 0.1) is 0 Å². The quantitative estimate of drug-likeness (QED) is 0.653. The van der Waals surface area contributed by atoms with Crippen LogP contribution < -0.4 is 0 Å². The molecule has 74 valence electrons. The van der Waals surface area contributed by atoms with Crippen LogP contribution in [0.4, 0.5) is 0 Å². The minimum atomic E-state index is -3.12. The van der Waals surface area contributed by atoms with Crippen LogP contribution >= 0.6 is 0 Å². The van der Waals surface area contributed by atoms with Crippen LogP contribution in [0.15, 0.2) is 35.3 Å². The van der Waals surface area contributed by atoms with Gasteiger partial charge in [0.05, 0.1) is 4.91 Å². The fourth-order valence-corrected chi connectivity index (χ4v) is 1.06. The third-order valence-corrected chi connectivity index (χ3v) is 2.83. The molecule has 0 aliphatic rings. The molecule has 0 aromatic rings. The summed E-state index contributed by atoms with van der Waals surface area (Å²) in [5.41, 5.74) is 1.10. The van der Waals surface area contributed by atoms with E-state index in [1.807, 2.05) is 19.9 Å². The molecule has 0 aliphatic heterocycles. The molecule has 2 nitrogen and oxygen atoms in total. The van der Waals surface area contributed by atoms with E-state index in [2.05, 4.69) is 6.58 Å². The Kier molecular flexibility index (Phi) is 4.70. The normalized spacial score (nSPS) is 13.6. The minimum absolute atomic E-state index is 0.153. The standard InChI is InChI=1S/C10H16O2S/c1-5-10(6-2)8-7-9(3)13(4,11)12/h5,7-8H,3,6H2,1-2,4H3/b8-7-,10-5-. The van der Waals surface area contributed by atoms with Gasteiger partial charge in [0.15, 0.2) is 9.84 Å². The predicted octanol–water partition coefficient (Wildman–Crippen LogP) is 2.46. The van der Waals surface area contributed by atoms with E-state index in [-0.39, 0.29) is 4.91 Å². The lowest BCUT2D eigenvalue weighted by molar-refractivity contribution is 0.608. The van der Waals surface area contributed by atoms with Gasteiger partial charge in [0.25, 0.3) is 0 Å². The number of sulfone groups is 1. The Morgan fingerprint density at radius 3 is 2.23 bits per heavy atom. The Hall–Kier alpha value is -0.830. The molecule has 0 spiro atoms. The van der Waals surface area contributed by atoms with E-state index >= 15 is 0 Å². The van der Waals surface area contributed by atoms with E-state index in [4.69, 9.17) is 0 Å². The summed E-state index contributed by atoms with van der Waals surface area (Å²) < 4.78 is 21.9. The topological polar surface area (TPSA) is 34.1 Å². The van der Waals surface area contributed by atoms with E-state index in [0.717, 1.165) is 18.2 Å². The number of allylic oxidation sites excluding steroid dienone is 4. The fourth-order valence-electron chi connectivity index (χ4n) is 0.742. The summed E-state index contributed by atoms with van der Waals surface area (Å²) in [6, 6.07) is 0. The highest BCUT2D eigenvalue weighted by molar-refractivity contribution is 7.94. The molecule has 0 atom stereocenters. The van der Waals surface area contributed by atoms with Gasteiger partial charge in [0.1, 0.15) is 0 Å². The third kappa shape index (κ3) is 4.68. The number of rotatable bonds is 4. The Labute approximate surface area is 80.6 Å². The van der Waals surface area contributed by atoms with Gasteiger partial charge in [-0.2, -0.15) is 0 Å². The Morgan fingerprint density at radius 1 is 1.38 bits per heavy atom. The van der Waals surface area contributed by atoms with Gasteiger partial charge in [-0.25, -0.2) is 8.42 Å². The molecule has 0 unspecified atom stereocenters. The summed E-state index contributed by atoms with van der Waals surface area (Å²) in [4.78, 5) is 0.153. The van der Waals surface area contributed by atoms with Crippen LogP contribution in [-0.2, 0) is 9.84 Å². The summed E-state index contributed by atoms with van der Waals surface area (Å²) in [6.45, 7) is 7.40. The largest absolute Gasteiger partial charge is 0.224 e. The minimum Gasteiger partial charge on any atom is -0.224 e. The molecule has 0 aliphatic carbocycles. The predicted molar refractivity (Wildman–Crippen MR) is 57.2 cm³/mol. The van der Waals surface area contributed by atoms with Crippen molar-refractivity contribution in [3.8, 4) is 0 Å². The molecule has 0 radical (unpaired) electrons. The Balaban J connectivity index is 4.56. The third-order valence-electron chi connectivity index (χ3n) is 1.74. The van der Waals surface area contributed by atoms with E-state index < -0.39 is 9.84 Å². The molecular formula is C10H16O2S. The van der Waals surface area contributed by atoms with Gasteiger partial charge >= 0.3 is 0 Å². The molecule has 13 heavy (non-hydrogen) atoms. The molecular weight excluding hydrogens is 184 g/mol. The second-order valence-electron chi connectivity index (χ2n) is 2.79. The highest BCUT2D eigenvalue weighted by atomic mass is 32.2. The maximum atomic E-state index is 11.0.